The molecule has 2 aliphatic rings. The molecule has 0 spiro atoms. The van der Waals surface area contributed by atoms with Crippen molar-refractivity contribution in [2.45, 2.75) is 51.5 Å². The zero-order valence-electron chi connectivity index (χ0n) is 14.4. The van der Waals surface area contributed by atoms with Crippen molar-refractivity contribution < 1.29 is 9.53 Å². The summed E-state index contributed by atoms with van der Waals surface area (Å²) in [4.78, 5) is 15.0. The molecule has 24 heavy (non-hydrogen) atoms. The topological polar surface area (TPSA) is 29.5 Å². The lowest BCUT2D eigenvalue weighted by molar-refractivity contribution is -0.134. The number of ether oxygens (including phenoxy) is 1. The van der Waals surface area contributed by atoms with Crippen LogP contribution in [-0.2, 0) is 11.2 Å². The van der Waals surface area contributed by atoms with Gasteiger partial charge in [-0.25, -0.2) is 0 Å². The van der Waals surface area contributed by atoms with Crippen molar-refractivity contribution in [2.75, 3.05) is 13.7 Å². The first-order valence-electron chi connectivity index (χ1n) is 8.83. The summed E-state index contributed by atoms with van der Waals surface area (Å²) >= 11 is 12.7. The summed E-state index contributed by atoms with van der Waals surface area (Å²) in [7, 11) is 1.59. The Balaban J connectivity index is 1.72. The van der Waals surface area contributed by atoms with Crippen LogP contribution in [0.25, 0.3) is 0 Å². The lowest BCUT2D eigenvalue weighted by atomic mass is 9.85. The molecule has 0 bridgehead atoms. The fourth-order valence-electron chi connectivity index (χ4n) is 4.18. The largest absolute Gasteiger partial charge is 0.497 e. The van der Waals surface area contributed by atoms with Crippen LogP contribution in [0.5, 0.6) is 5.75 Å². The molecular formula is C19H25Cl2NO2. The highest BCUT2D eigenvalue weighted by Crippen LogP contribution is 2.37. The van der Waals surface area contributed by atoms with Crippen LogP contribution in [0, 0.1) is 11.8 Å². The fraction of sp³-hybridized carbons (Fsp3) is 0.632. The Morgan fingerprint density at radius 2 is 1.83 bits per heavy atom. The molecule has 2 fully saturated rings. The average molecular weight is 370 g/mol. The third kappa shape index (κ3) is 3.52. The van der Waals surface area contributed by atoms with E-state index in [1.165, 1.54) is 19.3 Å². The summed E-state index contributed by atoms with van der Waals surface area (Å²) in [6.07, 6.45) is 6.40. The van der Waals surface area contributed by atoms with Gasteiger partial charge < -0.3 is 9.64 Å². The van der Waals surface area contributed by atoms with Crippen molar-refractivity contribution in [1.82, 2.24) is 4.90 Å². The quantitative estimate of drug-likeness (QED) is 0.749. The van der Waals surface area contributed by atoms with E-state index in [1.807, 2.05) is 0 Å². The summed E-state index contributed by atoms with van der Waals surface area (Å²) in [5.41, 5.74) is 0.857. The molecule has 1 aliphatic carbocycles. The summed E-state index contributed by atoms with van der Waals surface area (Å²) < 4.78 is 5.19. The van der Waals surface area contributed by atoms with Crippen LogP contribution in [0.3, 0.4) is 0 Å². The zero-order chi connectivity index (χ0) is 17.3. The van der Waals surface area contributed by atoms with E-state index in [1.54, 1.807) is 19.2 Å². The fourth-order valence-corrected chi connectivity index (χ4v) is 4.80. The highest BCUT2D eigenvalue weighted by molar-refractivity contribution is 6.36. The summed E-state index contributed by atoms with van der Waals surface area (Å²) in [6, 6.07) is 3.95. The van der Waals surface area contributed by atoms with Gasteiger partial charge in [0.15, 0.2) is 0 Å². The molecule has 1 saturated carbocycles. The molecule has 1 aliphatic heterocycles. The van der Waals surface area contributed by atoms with Crippen LogP contribution >= 0.6 is 23.2 Å². The number of rotatable bonds is 4. The van der Waals surface area contributed by atoms with Crippen LogP contribution in [0.4, 0.5) is 0 Å². The van der Waals surface area contributed by atoms with Gasteiger partial charge in [-0.3, -0.25) is 4.79 Å². The van der Waals surface area contributed by atoms with Gasteiger partial charge in [-0.05, 0) is 49.3 Å². The molecule has 132 valence electrons. The smallest absolute Gasteiger partial charge is 0.226 e. The second-order valence-corrected chi connectivity index (χ2v) is 7.93. The van der Waals surface area contributed by atoms with E-state index >= 15 is 0 Å². The second-order valence-electron chi connectivity index (χ2n) is 7.12. The molecule has 5 heteroatoms. The molecule has 1 saturated heterocycles. The molecular weight excluding hydrogens is 345 g/mol. The van der Waals surface area contributed by atoms with Gasteiger partial charge in [0.1, 0.15) is 5.75 Å². The Bertz CT molecular complexity index is 596. The Morgan fingerprint density at radius 3 is 2.46 bits per heavy atom. The third-order valence-electron chi connectivity index (χ3n) is 5.62. The van der Waals surface area contributed by atoms with E-state index in [-0.39, 0.29) is 11.8 Å². The van der Waals surface area contributed by atoms with Crippen LogP contribution in [0.2, 0.25) is 10.0 Å². The predicted molar refractivity (Wildman–Crippen MR) is 98.0 cm³/mol. The first-order chi connectivity index (χ1) is 11.5. The molecule has 1 unspecified atom stereocenters. The second kappa shape index (κ2) is 7.53. The number of methoxy groups -OCH3 is 1. The van der Waals surface area contributed by atoms with Crippen molar-refractivity contribution in [3.63, 3.8) is 0 Å². The van der Waals surface area contributed by atoms with E-state index in [2.05, 4.69) is 11.8 Å². The Morgan fingerprint density at radius 1 is 1.17 bits per heavy atom. The van der Waals surface area contributed by atoms with E-state index in [9.17, 15) is 4.79 Å². The van der Waals surface area contributed by atoms with Crippen molar-refractivity contribution in [3.05, 3.63) is 27.7 Å². The minimum Gasteiger partial charge on any atom is -0.497 e. The molecule has 3 nitrogen and oxygen atoms in total. The van der Waals surface area contributed by atoms with Gasteiger partial charge in [-0.1, -0.05) is 43.0 Å². The third-order valence-corrected chi connectivity index (χ3v) is 6.29. The average Bonchev–Trinajstić information content (AvgIpc) is 2.92. The molecule has 1 aromatic carbocycles. The number of likely N-dealkylation sites (tertiary alicyclic amines) is 1. The van der Waals surface area contributed by atoms with E-state index in [4.69, 9.17) is 27.9 Å². The SMILES string of the molecule is COc1cc(Cl)c(CC2CCN([C@H]3CCCC[C@H]3C)C2=O)c(Cl)c1. The summed E-state index contributed by atoms with van der Waals surface area (Å²) in [5.74, 6) is 1.51. The number of hydrogen-bond donors (Lipinski definition) is 0. The highest BCUT2D eigenvalue weighted by Gasteiger charge is 2.38. The number of benzene rings is 1. The molecule has 0 radical (unpaired) electrons. The molecule has 0 aromatic heterocycles. The molecule has 1 amide bonds. The van der Waals surface area contributed by atoms with E-state index in [0.717, 1.165) is 24.9 Å². The molecule has 3 rings (SSSR count). The van der Waals surface area contributed by atoms with Crippen LogP contribution < -0.4 is 4.74 Å². The Hall–Kier alpha value is -0.930. The Labute approximate surface area is 154 Å². The van der Waals surface area contributed by atoms with Crippen molar-refractivity contribution >= 4 is 29.1 Å². The predicted octanol–water partition coefficient (Wildman–Crippen LogP) is 4.97. The standard InChI is InChI=1S/C19H25Cl2NO2/c1-12-5-3-4-6-18(12)22-8-7-13(19(22)23)9-15-16(20)10-14(24-2)11-17(15)21/h10-13,18H,3-9H2,1-2H3/t12-,13?,18+/m1/s1. The summed E-state index contributed by atoms with van der Waals surface area (Å²) in [6.45, 7) is 3.14. The van der Waals surface area contributed by atoms with Crippen LogP contribution in [0.15, 0.2) is 12.1 Å². The highest BCUT2D eigenvalue weighted by atomic mass is 35.5. The maximum atomic E-state index is 12.9. The maximum Gasteiger partial charge on any atom is 0.226 e. The van der Waals surface area contributed by atoms with Crippen molar-refractivity contribution in [2.24, 2.45) is 11.8 Å². The lowest BCUT2D eigenvalue weighted by Gasteiger charge is -2.36. The minimum atomic E-state index is -0.0116. The minimum absolute atomic E-state index is 0.0116. The van der Waals surface area contributed by atoms with Crippen molar-refractivity contribution in [1.29, 1.82) is 0 Å². The van der Waals surface area contributed by atoms with Gasteiger partial charge >= 0.3 is 0 Å². The molecule has 3 atom stereocenters. The number of carbonyl (C=O) groups excluding carboxylic acids is 1. The van der Waals surface area contributed by atoms with Crippen LogP contribution in [-0.4, -0.2) is 30.5 Å². The normalized spacial score (nSPS) is 27.6. The van der Waals surface area contributed by atoms with E-state index in [0.29, 0.717) is 34.2 Å². The summed E-state index contributed by atoms with van der Waals surface area (Å²) in [5, 5.41) is 1.16. The number of amides is 1. The number of nitrogens with zero attached hydrogens (tertiary/aromatic N) is 1. The van der Waals surface area contributed by atoms with Gasteiger partial charge in [0.25, 0.3) is 0 Å². The van der Waals surface area contributed by atoms with Gasteiger partial charge in [0.05, 0.1) is 7.11 Å². The maximum absolute atomic E-state index is 12.9. The van der Waals surface area contributed by atoms with Gasteiger partial charge in [0.2, 0.25) is 5.91 Å². The zero-order valence-corrected chi connectivity index (χ0v) is 15.9. The first-order valence-corrected chi connectivity index (χ1v) is 9.59. The lowest BCUT2D eigenvalue weighted by Crippen LogP contribution is -2.43. The van der Waals surface area contributed by atoms with Crippen LogP contribution in [0.1, 0.15) is 44.6 Å². The molecule has 1 heterocycles. The van der Waals surface area contributed by atoms with Gasteiger partial charge in [-0.15, -0.1) is 0 Å². The molecule has 0 N–H and O–H groups in total. The van der Waals surface area contributed by atoms with Gasteiger partial charge in [0, 0.05) is 28.5 Å². The monoisotopic (exact) mass is 369 g/mol. The number of hydrogen-bond acceptors (Lipinski definition) is 2. The number of carbonyl (C=O) groups is 1. The van der Waals surface area contributed by atoms with E-state index < -0.39 is 0 Å². The Kier molecular flexibility index (Phi) is 5.61. The van der Waals surface area contributed by atoms with Crippen molar-refractivity contribution in [3.8, 4) is 5.75 Å². The number of halogens is 2. The first kappa shape index (κ1) is 17.9. The molecule has 1 aromatic rings. The van der Waals surface area contributed by atoms with Gasteiger partial charge in [-0.2, -0.15) is 0 Å².